The van der Waals surface area contributed by atoms with Crippen molar-refractivity contribution in [2.24, 2.45) is 0 Å². The zero-order chi connectivity index (χ0) is 10.1. The van der Waals surface area contributed by atoms with E-state index in [0.29, 0.717) is 0 Å². The number of benzene rings is 1. The molecule has 0 aliphatic rings. The monoisotopic (exact) mass is 318 g/mol. The van der Waals surface area contributed by atoms with Crippen molar-refractivity contribution < 1.29 is 4.74 Å². The van der Waals surface area contributed by atoms with Crippen LogP contribution in [-0.2, 0) is 6.42 Å². The number of aryl methyl sites for hydroxylation is 1. The minimum absolute atomic E-state index is 0.997. The number of fused-ring (bicyclic) bond motifs is 1. The molecule has 2 rings (SSSR count). The van der Waals surface area contributed by atoms with Crippen LogP contribution >= 0.6 is 33.9 Å². The van der Waals surface area contributed by atoms with Crippen LogP contribution in [0.5, 0.6) is 5.06 Å². The molecule has 0 saturated heterocycles. The van der Waals surface area contributed by atoms with E-state index in [1.807, 2.05) is 0 Å². The Bertz CT molecular complexity index is 462. The predicted molar refractivity (Wildman–Crippen MR) is 70.5 cm³/mol. The maximum absolute atomic E-state index is 5.25. The molecular weight excluding hydrogens is 307 g/mol. The van der Waals surface area contributed by atoms with Gasteiger partial charge in [-0.1, -0.05) is 24.3 Å². The predicted octanol–water partition coefficient (Wildman–Crippen LogP) is 4.08. The molecule has 2 aromatic rings. The third-order valence-electron chi connectivity index (χ3n) is 2.26. The second-order valence-corrected chi connectivity index (χ2v) is 5.24. The summed E-state index contributed by atoms with van der Waals surface area (Å²) < 4.78 is 7.98. The Hall–Kier alpha value is -0.290. The molecule has 1 nitrogen and oxygen atoms in total. The van der Waals surface area contributed by atoms with Crippen LogP contribution in [0.1, 0.15) is 12.5 Å². The highest BCUT2D eigenvalue weighted by Gasteiger charge is 2.08. The van der Waals surface area contributed by atoms with Crippen molar-refractivity contribution in [3.05, 3.63) is 27.3 Å². The zero-order valence-electron chi connectivity index (χ0n) is 8.13. The normalized spacial score (nSPS) is 10.8. The van der Waals surface area contributed by atoms with Gasteiger partial charge >= 0.3 is 0 Å². The molecule has 0 saturated carbocycles. The lowest BCUT2D eigenvalue weighted by Crippen LogP contribution is -1.84. The van der Waals surface area contributed by atoms with Gasteiger partial charge in [-0.15, -0.1) is 0 Å². The fraction of sp³-hybridized carbons (Fsp3) is 0.273. The van der Waals surface area contributed by atoms with E-state index in [9.17, 15) is 0 Å². The van der Waals surface area contributed by atoms with E-state index in [0.717, 1.165) is 11.5 Å². The molecule has 1 aromatic heterocycles. The Kier molecular flexibility index (Phi) is 2.97. The van der Waals surface area contributed by atoms with Crippen molar-refractivity contribution in [1.29, 1.82) is 0 Å². The molecule has 14 heavy (non-hydrogen) atoms. The molecule has 1 heterocycles. The molecule has 0 spiro atoms. The van der Waals surface area contributed by atoms with E-state index in [1.54, 1.807) is 18.4 Å². The van der Waals surface area contributed by atoms with Gasteiger partial charge < -0.3 is 4.74 Å². The number of thiophene rings is 1. The SMILES string of the molecule is CCc1c(I)ccc2cc(OC)sc12. The van der Waals surface area contributed by atoms with Gasteiger partial charge in [0.1, 0.15) is 0 Å². The van der Waals surface area contributed by atoms with Gasteiger partial charge in [0.2, 0.25) is 0 Å². The van der Waals surface area contributed by atoms with E-state index in [-0.39, 0.29) is 0 Å². The van der Waals surface area contributed by atoms with Crippen molar-refractivity contribution in [3.8, 4) is 5.06 Å². The number of rotatable bonds is 2. The highest BCUT2D eigenvalue weighted by Crippen LogP contribution is 2.35. The molecule has 0 amide bonds. The first-order valence-corrected chi connectivity index (χ1v) is 6.40. The number of hydrogen-bond acceptors (Lipinski definition) is 2. The smallest absolute Gasteiger partial charge is 0.174 e. The van der Waals surface area contributed by atoms with Gasteiger partial charge in [-0.05, 0) is 52.1 Å². The van der Waals surface area contributed by atoms with Crippen LogP contribution in [0.2, 0.25) is 0 Å². The molecule has 0 atom stereocenters. The van der Waals surface area contributed by atoms with Gasteiger partial charge in [0.25, 0.3) is 0 Å². The molecule has 0 radical (unpaired) electrons. The summed E-state index contributed by atoms with van der Waals surface area (Å²) in [5.41, 5.74) is 1.44. The lowest BCUT2D eigenvalue weighted by Gasteiger charge is -2.01. The molecule has 1 aromatic carbocycles. The topological polar surface area (TPSA) is 9.23 Å². The summed E-state index contributed by atoms with van der Waals surface area (Å²) in [6.45, 7) is 2.20. The van der Waals surface area contributed by atoms with Gasteiger partial charge in [-0.3, -0.25) is 0 Å². The lowest BCUT2D eigenvalue weighted by atomic mass is 10.1. The molecule has 0 fully saturated rings. The number of ether oxygens (including phenoxy) is 1. The number of hydrogen-bond donors (Lipinski definition) is 0. The molecule has 3 heteroatoms. The highest BCUT2D eigenvalue weighted by molar-refractivity contribution is 14.1. The Balaban J connectivity index is 2.73. The van der Waals surface area contributed by atoms with Crippen molar-refractivity contribution in [2.45, 2.75) is 13.3 Å². The molecular formula is C11H11IOS. The molecule has 0 aliphatic heterocycles. The van der Waals surface area contributed by atoms with E-state index < -0.39 is 0 Å². The third kappa shape index (κ3) is 1.63. The van der Waals surface area contributed by atoms with Gasteiger partial charge in [-0.25, -0.2) is 0 Å². The molecule has 0 bridgehead atoms. The summed E-state index contributed by atoms with van der Waals surface area (Å²) in [5, 5.41) is 2.29. The number of methoxy groups -OCH3 is 1. The van der Waals surface area contributed by atoms with Crippen LogP contribution in [0.3, 0.4) is 0 Å². The van der Waals surface area contributed by atoms with E-state index in [2.05, 4.69) is 47.7 Å². The van der Waals surface area contributed by atoms with Crippen LogP contribution in [0.4, 0.5) is 0 Å². The van der Waals surface area contributed by atoms with Crippen LogP contribution in [0.15, 0.2) is 18.2 Å². The maximum Gasteiger partial charge on any atom is 0.174 e. The largest absolute Gasteiger partial charge is 0.487 e. The first-order valence-electron chi connectivity index (χ1n) is 4.51. The summed E-state index contributed by atoms with van der Waals surface area (Å²) >= 11 is 4.13. The molecule has 0 aliphatic carbocycles. The lowest BCUT2D eigenvalue weighted by molar-refractivity contribution is 0.427. The van der Waals surface area contributed by atoms with Crippen LogP contribution < -0.4 is 4.74 Å². The van der Waals surface area contributed by atoms with Gasteiger partial charge in [0.05, 0.1) is 7.11 Å². The first-order chi connectivity index (χ1) is 6.76. The van der Waals surface area contributed by atoms with E-state index in [1.165, 1.54) is 19.2 Å². The summed E-state index contributed by atoms with van der Waals surface area (Å²) in [5.74, 6) is 0. The second kappa shape index (κ2) is 4.06. The van der Waals surface area contributed by atoms with Gasteiger partial charge in [-0.2, -0.15) is 0 Å². The van der Waals surface area contributed by atoms with Crippen molar-refractivity contribution in [2.75, 3.05) is 7.11 Å². The Morgan fingerprint density at radius 2 is 2.21 bits per heavy atom. The minimum atomic E-state index is 0.997. The van der Waals surface area contributed by atoms with Crippen molar-refractivity contribution in [3.63, 3.8) is 0 Å². The van der Waals surface area contributed by atoms with Crippen LogP contribution in [0, 0.1) is 3.57 Å². The van der Waals surface area contributed by atoms with Crippen molar-refractivity contribution >= 4 is 44.0 Å². The summed E-state index contributed by atoms with van der Waals surface area (Å²) in [7, 11) is 1.72. The average molecular weight is 318 g/mol. The summed E-state index contributed by atoms with van der Waals surface area (Å²) in [6.07, 6.45) is 1.08. The van der Waals surface area contributed by atoms with Gasteiger partial charge in [0.15, 0.2) is 5.06 Å². The summed E-state index contributed by atoms with van der Waals surface area (Å²) in [4.78, 5) is 0. The van der Waals surface area contributed by atoms with E-state index >= 15 is 0 Å². The maximum atomic E-state index is 5.25. The second-order valence-electron chi connectivity index (χ2n) is 3.07. The number of halogens is 1. The molecule has 0 unspecified atom stereocenters. The third-order valence-corrected chi connectivity index (χ3v) is 4.45. The Morgan fingerprint density at radius 3 is 2.86 bits per heavy atom. The van der Waals surface area contributed by atoms with Gasteiger partial charge in [0, 0.05) is 8.27 Å². The fourth-order valence-corrected chi connectivity index (χ4v) is 3.65. The first kappa shape index (κ1) is 10.2. The van der Waals surface area contributed by atoms with Crippen LogP contribution in [-0.4, -0.2) is 7.11 Å². The Morgan fingerprint density at radius 1 is 1.43 bits per heavy atom. The molecule has 0 N–H and O–H groups in total. The zero-order valence-corrected chi connectivity index (χ0v) is 11.1. The standard InChI is InChI=1S/C11H11IOS/c1-3-8-9(12)5-4-7-6-10(13-2)14-11(7)8/h4-6H,3H2,1-2H3. The fourth-order valence-electron chi connectivity index (χ4n) is 1.54. The highest BCUT2D eigenvalue weighted by atomic mass is 127. The molecule has 74 valence electrons. The Labute approximate surface area is 101 Å². The average Bonchev–Trinajstić information content (AvgIpc) is 2.60. The quantitative estimate of drug-likeness (QED) is 0.758. The van der Waals surface area contributed by atoms with Crippen molar-refractivity contribution in [1.82, 2.24) is 0 Å². The minimum Gasteiger partial charge on any atom is -0.487 e. The van der Waals surface area contributed by atoms with E-state index in [4.69, 9.17) is 4.74 Å². The van der Waals surface area contributed by atoms with Crippen LogP contribution in [0.25, 0.3) is 10.1 Å². The summed E-state index contributed by atoms with van der Waals surface area (Å²) in [6, 6.07) is 6.44.